The number of rotatable bonds is 5. The number of hydrogen-bond donors (Lipinski definition) is 1. The molecule has 1 aromatic heterocycles. The smallest absolute Gasteiger partial charge is 0.291 e. The Morgan fingerprint density at radius 3 is 2.45 bits per heavy atom. The Bertz CT molecular complexity index is 864. The van der Waals surface area contributed by atoms with Crippen LogP contribution in [0.15, 0.2) is 45.5 Å². The van der Waals surface area contributed by atoms with Gasteiger partial charge in [0.25, 0.3) is 11.8 Å². The number of carbonyl (C=O) groups is 2. The van der Waals surface area contributed by atoms with Gasteiger partial charge in [0, 0.05) is 37.4 Å². The fourth-order valence-corrected chi connectivity index (χ4v) is 3.52. The molecule has 1 N–H and O–H groups in total. The van der Waals surface area contributed by atoms with E-state index < -0.39 is 0 Å². The Morgan fingerprint density at radius 1 is 1.10 bits per heavy atom. The molecule has 0 aliphatic carbocycles. The van der Waals surface area contributed by atoms with Gasteiger partial charge >= 0.3 is 0 Å². The van der Waals surface area contributed by atoms with Crippen LogP contribution < -0.4 is 5.32 Å². The molecule has 7 heteroatoms. The molecule has 2 heterocycles. The molecule has 0 atom stereocenters. The highest BCUT2D eigenvalue weighted by Crippen LogP contribution is 2.20. The van der Waals surface area contributed by atoms with Crippen molar-refractivity contribution in [3.05, 3.63) is 52.4 Å². The van der Waals surface area contributed by atoms with E-state index in [9.17, 15) is 9.59 Å². The summed E-state index contributed by atoms with van der Waals surface area (Å²) in [6.07, 6.45) is 1.15. The van der Waals surface area contributed by atoms with E-state index in [1.54, 1.807) is 36.4 Å². The summed E-state index contributed by atoms with van der Waals surface area (Å²) >= 11 is 3.18. The van der Waals surface area contributed by atoms with Crippen molar-refractivity contribution in [3.63, 3.8) is 0 Å². The Labute approximate surface area is 180 Å². The third kappa shape index (κ3) is 6.18. The lowest BCUT2D eigenvalue weighted by Gasteiger charge is -2.36. The average Bonchev–Trinajstić information content (AvgIpc) is 3.12. The summed E-state index contributed by atoms with van der Waals surface area (Å²) in [4.78, 5) is 29.5. The van der Waals surface area contributed by atoms with E-state index in [0.717, 1.165) is 39.1 Å². The molecule has 156 valence electrons. The van der Waals surface area contributed by atoms with Crippen molar-refractivity contribution < 1.29 is 14.0 Å². The lowest BCUT2D eigenvalue weighted by atomic mass is 9.92. The molecule has 3 rings (SSSR count). The van der Waals surface area contributed by atoms with Crippen molar-refractivity contribution in [2.24, 2.45) is 5.41 Å². The maximum absolute atomic E-state index is 12.9. The molecule has 1 fully saturated rings. The molecule has 2 aromatic rings. The molecule has 0 radical (unpaired) electrons. The number of nitrogens with one attached hydrogen (secondary N) is 1. The van der Waals surface area contributed by atoms with Crippen molar-refractivity contribution in [2.45, 2.75) is 27.2 Å². The number of piperazine rings is 1. The predicted octanol–water partition coefficient (Wildman–Crippen LogP) is 4.49. The van der Waals surface area contributed by atoms with Gasteiger partial charge in [-0.3, -0.25) is 14.5 Å². The monoisotopic (exact) mass is 461 g/mol. The highest BCUT2D eigenvalue weighted by Gasteiger charge is 2.23. The Balaban J connectivity index is 1.56. The van der Waals surface area contributed by atoms with Gasteiger partial charge in [-0.25, -0.2) is 0 Å². The molecule has 1 aliphatic rings. The van der Waals surface area contributed by atoms with E-state index in [1.807, 2.05) is 4.90 Å². The normalized spacial score (nSPS) is 15.4. The minimum Gasteiger partial charge on any atom is -0.444 e. The summed E-state index contributed by atoms with van der Waals surface area (Å²) < 4.78 is 5.76. The fourth-order valence-electron chi connectivity index (χ4n) is 3.21. The van der Waals surface area contributed by atoms with Crippen LogP contribution in [0.4, 0.5) is 5.69 Å². The van der Waals surface area contributed by atoms with Crippen LogP contribution in [0.5, 0.6) is 0 Å². The van der Waals surface area contributed by atoms with Gasteiger partial charge in [-0.15, -0.1) is 0 Å². The second kappa shape index (κ2) is 9.13. The molecule has 1 aromatic carbocycles. The maximum atomic E-state index is 12.9. The van der Waals surface area contributed by atoms with Gasteiger partial charge in [-0.1, -0.05) is 26.8 Å². The lowest BCUT2D eigenvalue weighted by Crippen LogP contribution is -2.49. The van der Waals surface area contributed by atoms with Crippen LogP contribution in [0.25, 0.3) is 0 Å². The summed E-state index contributed by atoms with van der Waals surface area (Å²) in [5.41, 5.74) is 1.47. The Kier molecular flexibility index (Phi) is 6.80. The minimum atomic E-state index is -0.354. The fraction of sp³-hybridized carbons (Fsp3) is 0.455. The summed E-state index contributed by atoms with van der Waals surface area (Å²) in [5.74, 6) is -0.148. The van der Waals surface area contributed by atoms with Gasteiger partial charge in [0.1, 0.15) is 0 Å². The predicted molar refractivity (Wildman–Crippen MR) is 117 cm³/mol. The topological polar surface area (TPSA) is 65.8 Å². The van der Waals surface area contributed by atoms with E-state index in [2.05, 4.69) is 46.9 Å². The number of furan rings is 1. The van der Waals surface area contributed by atoms with E-state index in [-0.39, 0.29) is 17.6 Å². The first-order valence-corrected chi connectivity index (χ1v) is 10.7. The van der Waals surface area contributed by atoms with Crippen molar-refractivity contribution in [1.29, 1.82) is 0 Å². The summed E-state index contributed by atoms with van der Waals surface area (Å²) in [5, 5.41) is 2.78. The van der Waals surface area contributed by atoms with Crippen LogP contribution in [0.2, 0.25) is 0 Å². The van der Waals surface area contributed by atoms with Gasteiger partial charge in [-0.05, 0) is 64.6 Å². The molecule has 0 bridgehead atoms. The van der Waals surface area contributed by atoms with E-state index in [0.29, 0.717) is 21.3 Å². The third-order valence-electron chi connectivity index (χ3n) is 5.00. The van der Waals surface area contributed by atoms with Crippen LogP contribution in [-0.4, -0.2) is 54.3 Å². The zero-order chi connectivity index (χ0) is 21.0. The van der Waals surface area contributed by atoms with Crippen LogP contribution in [-0.2, 0) is 0 Å². The Hall–Kier alpha value is -2.12. The second-order valence-electron chi connectivity index (χ2n) is 8.58. The third-order valence-corrected chi connectivity index (χ3v) is 5.43. The van der Waals surface area contributed by atoms with Gasteiger partial charge in [0.15, 0.2) is 10.4 Å². The van der Waals surface area contributed by atoms with Crippen molar-refractivity contribution in [1.82, 2.24) is 9.80 Å². The second-order valence-corrected chi connectivity index (χ2v) is 9.36. The Morgan fingerprint density at radius 2 is 1.83 bits per heavy atom. The largest absolute Gasteiger partial charge is 0.444 e. The minimum absolute atomic E-state index is 0.00249. The zero-order valence-corrected chi connectivity index (χ0v) is 18.8. The first-order valence-electron chi connectivity index (χ1n) is 9.90. The van der Waals surface area contributed by atoms with Crippen LogP contribution >= 0.6 is 15.9 Å². The number of halogens is 1. The lowest BCUT2D eigenvalue weighted by molar-refractivity contribution is 0.0623. The van der Waals surface area contributed by atoms with Crippen molar-refractivity contribution in [3.8, 4) is 0 Å². The molecular formula is C22H28BrN3O3. The molecule has 0 spiro atoms. The van der Waals surface area contributed by atoms with Crippen LogP contribution in [0.3, 0.4) is 0 Å². The average molecular weight is 462 g/mol. The molecular weight excluding hydrogens is 434 g/mol. The molecule has 0 saturated carbocycles. The summed E-state index contributed by atoms with van der Waals surface area (Å²) in [6.45, 7) is 11.1. The van der Waals surface area contributed by atoms with Crippen molar-refractivity contribution in [2.75, 3.05) is 38.0 Å². The molecule has 1 aliphatic heterocycles. The number of anilines is 1. The van der Waals surface area contributed by atoms with Gasteiger partial charge in [0.2, 0.25) is 0 Å². The van der Waals surface area contributed by atoms with Gasteiger partial charge < -0.3 is 14.6 Å². The number of amides is 2. The van der Waals surface area contributed by atoms with Gasteiger partial charge in [-0.2, -0.15) is 0 Å². The van der Waals surface area contributed by atoms with Crippen LogP contribution in [0.1, 0.15) is 48.1 Å². The van der Waals surface area contributed by atoms with E-state index in [1.165, 1.54) is 0 Å². The first-order chi connectivity index (χ1) is 13.7. The number of carbonyl (C=O) groups excluding carboxylic acids is 2. The molecule has 2 amide bonds. The highest BCUT2D eigenvalue weighted by molar-refractivity contribution is 9.10. The van der Waals surface area contributed by atoms with E-state index in [4.69, 9.17) is 4.42 Å². The molecule has 1 saturated heterocycles. The SMILES string of the molecule is CC(C)(C)CCN1CCN(C(=O)c2cccc(NC(=O)c3ccc(Br)o3)c2)CC1. The summed E-state index contributed by atoms with van der Waals surface area (Å²) in [6, 6.07) is 10.3. The maximum Gasteiger partial charge on any atom is 0.291 e. The number of benzene rings is 1. The van der Waals surface area contributed by atoms with Gasteiger partial charge in [0.05, 0.1) is 0 Å². The molecule has 0 unspecified atom stereocenters. The zero-order valence-electron chi connectivity index (χ0n) is 17.2. The van der Waals surface area contributed by atoms with Crippen molar-refractivity contribution >= 4 is 33.4 Å². The number of nitrogens with zero attached hydrogens (tertiary/aromatic N) is 2. The van der Waals surface area contributed by atoms with E-state index >= 15 is 0 Å². The highest BCUT2D eigenvalue weighted by atomic mass is 79.9. The molecule has 29 heavy (non-hydrogen) atoms. The van der Waals surface area contributed by atoms with Crippen LogP contribution in [0, 0.1) is 5.41 Å². The summed E-state index contributed by atoms with van der Waals surface area (Å²) in [7, 11) is 0. The first kappa shape index (κ1) is 21.6. The number of hydrogen-bond acceptors (Lipinski definition) is 4. The standard InChI is InChI=1S/C22H28BrN3O3/c1-22(2,3)9-10-25-11-13-26(14-12-25)21(28)16-5-4-6-17(15-16)24-20(27)18-7-8-19(23)29-18/h4-8,15H,9-14H2,1-3H3,(H,24,27). The molecule has 6 nitrogen and oxygen atoms in total. The quantitative estimate of drug-likeness (QED) is 0.712.